The maximum atomic E-state index is 10.4. The molecule has 0 atom stereocenters. The first-order chi connectivity index (χ1) is 6.66. The standard InChI is InChI=1S/C7H13NO2.CH6O3P/c1-4-7(9)10-6-5-8(2)3;1-5(2,3)4/h4H,1,5-6H2,2-3H3;2-4H,1H3/q;+1. The van der Waals surface area contributed by atoms with Crippen LogP contribution in [0.5, 0.6) is 0 Å². The molecule has 0 aromatic heterocycles. The molecule has 0 bridgehead atoms. The summed E-state index contributed by atoms with van der Waals surface area (Å²) in [6.07, 6.45) is 1.16. The summed E-state index contributed by atoms with van der Waals surface area (Å²) in [6, 6.07) is 0. The minimum atomic E-state index is -3.39. The van der Waals surface area contributed by atoms with Gasteiger partial charge in [0.25, 0.3) is 0 Å². The van der Waals surface area contributed by atoms with Crippen LogP contribution in [0.2, 0.25) is 0 Å². The Morgan fingerprint density at radius 3 is 2.13 bits per heavy atom. The molecular weight excluding hydrogens is 221 g/mol. The Hall–Kier alpha value is -0.520. The molecule has 0 unspecified atom stereocenters. The van der Waals surface area contributed by atoms with Gasteiger partial charge in [-0.3, -0.25) is 0 Å². The van der Waals surface area contributed by atoms with Gasteiger partial charge in [0, 0.05) is 12.6 Å². The number of carbonyl (C=O) groups excluding carboxylic acids is 1. The van der Waals surface area contributed by atoms with Crippen molar-refractivity contribution in [3.8, 4) is 0 Å². The molecule has 0 aliphatic rings. The summed E-state index contributed by atoms with van der Waals surface area (Å²) in [5.74, 6) is -0.359. The van der Waals surface area contributed by atoms with Crippen molar-refractivity contribution in [1.29, 1.82) is 0 Å². The van der Waals surface area contributed by atoms with Crippen LogP contribution in [0.4, 0.5) is 0 Å². The van der Waals surface area contributed by atoms with Gasteiger partial charge in [-0.1, -0.05) is 6.58 Å². The van der Waals surface area contributed by atoms with Crippen LogP contribution in [0.1, 0.15) is 0 Å². The van der Waals surface area contributed by atoms with Gasteiger partial charge in [-0.2, -0.15) is 14.7 Å². The predicted octanol–water partition coefficient (Wildman–Crippen LogP) is -0.367. The van der Waals surface area contributed by atoms with Crippen molar-refractivity contribution in [3.63, 3.8) is 0 Å². The summed E-state index contributed by atoms with van der Waals surface area (Å²) in [4.78, 5) is 35.6. The van der Waals surface area contributed by atoms with E-state index in [-0.39, 0.29) is 5.97 Å². The van der Waals surface area contributed by atoms with E-state index in [0.717, 1.165) is 19.3 Å². The molecule has 15 heavy (non-hydrogen) atoms. The lowest BCUT2D eigenvalue weighted by atomic mass is 10.6. The van der Waals surface area contributed by atoms with Crippen LogP contribution in [0.3, 0.4) is 0 Å². The predicted molar refractivity (Wildman–Crippen MR) is 59.2 cm³/mol. The number of esters is 1. The summed E-state index contributed by atoms with van der Waals surface area (Å²) in [5, 5.41) is 0. The minimum absolute atomic E-state index is 0.359. The molecular formula is C8H19NO5P+. The van der Waals surface area contributed by atoms with E-state index in [9.17, 15) is 4.79 Å². The number of nitrogens with zero attached hydrogens (tertiary/aromatic N) is 1. The zero-order valence-electron chi connectivity index (χ0n) is 9.25. The minimum Gasteiger partial charge on any atom is -0.461 e. The Morgan fingerprint density at radius 1 is 1.47 bits per heavy atom. The normalized spacial score (nSPS) is 10.3. The molecule has 7 heteroatoms. The number of ether oxygens (including phenoxy) is 1. The Balaban J connectivity index is 0. The van der Waals surface area contributed by atoms with E-state index < -0.39 is 7.94 Å². The van der Waals surface area contributed by atoms with E-state index in [2.05, 4.69) is 6.58 Å². The fraction of sp³-hybridized carbons (Fsp3) is 0.625. The summed E-state index contributed by atoms with van der Waals surface area (Å²) in [5.41, 5.74) is 0. The van der Waals surface area contributed by atoms with Gasteiger partial charge in [0.2, 0.25) is 0 Å². The third-order valence-corrected chi connectivity index (χ3v) is 0.949. The van der Waals surface area contributed by atoms with Crippen LogP contribution in [0.25, 0.3) is 0 Å². The topological polar surface area (TPSA) is 90.2 Å². The third kappa shape index (κ3) is 31.8. The molecule has 0 aromatic rings. The molecule has 0 aliphatic carbocycles. The van der Waals surface area contributed by atoms with Crippen LogP contribution < -0.4 is 0 Å². The van der Waals surface area contributed by atoms with Crippen molar-refractivity contribution in [2.75, 3.05) is 33.9 Å². The van der Waals surface area contributed by atoms with Gasteiger partial charge in [-0.05, 0) is 14.1 Å². The number of hydrogen-bond acceptors (Lipinski definition) is 6. The van der Waals surface area contributed by atoms with Crippen LogP contribution in [-0.2, 0) is 9.53 Å². The van der Waals surface area contributed by atoms with Crippen molar-refractivity contribution in [3.05, 3.63) is 12.7 Å². The molecule has 0 radical (unpaired) electrons. The lowest BCUT2D eigenvalue weighted by Gasteiger charge is -2.07. The zero-order chi connectivity index (χ0) is 12.5. The van der Waals surface area contributed by atoms with Gasteiger partial charge < -0.3 is 9.64 Å². The van der Waals surface area contributed by atoms with Crippen molar-refractivity contribution in [2.45, 2.75) is 0 Å². The Labute approximate surface area is 90.4 Å². The van der Waals surface area contributed by atoms with Crippen molar-refractivity contribution >= 4 is 13.9 Å². The largest absolute Gasteiger partial charge is 0.461 e. The fourth-order valence-corrected chi connectivity index (χ4v) is 0.388. The van der Waals surface area contributed by atoms with E-state index in [1.807, 2.05) is 19.0 Å². The molecule has 0 saturated heterocycles. The van der Waals surface area contributed by atoms with Crippen LogP contribution in [0.15, 0.2) is 12.7 Å². The van der Waals surface area contributed by atoms with Gasteiger partial charge >= 0.3 is 13.9 Å². The second-order valence-electron chi connectivity index (χ2n) is 3.04. The number of likely N-dealkylation sites (N-methyl/N-ethyl adjacent to an activating group) is 1. The fourth-order valence-electron chi connectivity index (χ4n) is 0.388. The molecule has 0 rings (SSSR count). The first kappa shape index (κ1) is 16.9. The highest BCUT2D eigenvalue weighted by Gasteiger charge is 2.17. The average Bonchev–Trinajstić information content (AvgIpc) is 2.00. The monoisotopic (exact) mass is 240 g/mol. The second-order valence-corrected chi connectivity index (χ2v) is 4.78. The highest BCUT2D eigenvalue weighted by molar-refractivity contribution is 7.57. The first-order valence-electron chi connectivity index (χ1n) is 4.15. The lowest BCUT2D eigenvalue weighted by Crippen LogP contribution is -2.19. The molecule has 0 heterocycles. The van der Waals surface area contributed by atoms with Crippen LogP contribution in [0, 0.1) is 0 Å². The lowest BCUT2D eigenvalue weighted by molar-refractivity contribution is -0.137. The SMILES string of the molecule is C=CC(=O)OCCN(C)C.C[P+](O)(O)O. The van der Waals surface area contributed by atoms with E-state index >= 15 is 0 Å². The van der Waals surface area contributed by atoms with E-state index in [4.69, 9.17) is 19.4 Å². The average molecular weight is 240 g/mol. The highest BCUT2D eigenvalue weighted by atomic mass is 31.2. The number of carbonyl (C=O) groups is 1. The Bertz CT molecular complexity index is 184. The quantitative estimate of drug-likeness (QED) is 0.353. The third-order valence-electron chi connectivity index (χ3n) is 0.949. The van der Waals surface area contributed by atoms with E-state index in [0.29, 0.717) is 6.61 Å². The van der Waals surface area contributed by atoms with Gasteiger partial charge in [0.15, 0.2) is 0 Å². The van der Waals surface area contributed by atoms with Gasteiger partial charge in [0.1, 0.15) is 13.3 Å². The van der Waals surface area contributed by atoms with E-state index in [1.54, 1.807) is 0 Å². The Morgan fingerprint density at radius 2 is 1.87 bits per heavy atom. The van der Waals surface area contributed by atoms with E-state index in [1.165, 1.54) is 0 Å². The molecule has 3 N–H and O–H groups in total. The summed E-state index contributed by atoms with van der Waals surface area (Å²) in [6.45, 7) is 5.41. The first-order valence-corrected chi connectivity index (χ1v) is 6.25. The summed E-state index contributed by atoms with van der Waals surface area (Å²) >= 11 is 0. The molecule has 0 saturated carbocycles. The maximum Gasteiger partial charge on any atom is 0.400 e. The van der Waals surface area contributed by atoms with Crippen molar-refractivity contribution < 1.29 is 24.2 Å². The maximum absolute atomic E-state index is 10.4. The van der Waals surface area contributed by atoms with Gasteiger partial charge in [0.05, 0.1) is 0 Å². The molecule has 0 amide bonds. The molecule has 0 fully saturated rings. The molecule has 0 aliphatic heterocycles. The highest BCUT2D eigenvalue weighted by Crippen LogP contribution is 2.38. The number of rotatable bonds is 4. The van der Waals surface area contributed by atoms with Crippen molar-refractivity contribution in [2.24, 2.45) is 0 Å². The zero-order valence-corrected chi connectivity index (χ0v) is 10.1. The summed E-state index contributed by atoms with van der Waals surface area (Å²) < 4.78 is 4.70. The van der Waals surface area contributed by atoms with Gasteiger partial charge in [-0.15, -0.1) is 0 Å². The van der Waals surface area contributed by atoms with Crippen LogP contribution >= 0.6 is 7.94 Å². The molecule has 0 spiro atoms. The molecule has 90 valence electrons. The molecule has 0 aromatic carbocycles. The number of hydrogen-bond donors (Lipinski definition) is 3. The Kier molecular flexibility index (Phi) is 9.87. The smallest absolute Gasteiger partial charge is 0.400 e. The van der Waals surface area contributed by atoms with Crippen molar-refractivity contribution in [1.82, 2.24) is 4.90 Å². The molecule has 6 nitrogen and oxygen atoms in total. The van der Waals surface area contributed by atoms with Crippen LogP contribution in [-0.4, -0.2) is 59.5 Å². The second kappa shape index (κ2) is 8.76. The summed E-state index contributed by atoms with van der Waals surface area (Å²) in [7, 11) is 0.448. The van der Waals surface area contributed by atoms with Gasteiger partial charge in [-0.25, -0.2) is 4.79 Å².